The molecule has 0 amide bonds. The van der Waals surface area contributed by atoms with Crippen LogP contribution in [0.15, 0.2) is 23.3 Å². The van der Waals surface area contributed by atoms with Crippen molar-refractivity contribution >= 4 is 17.4 Å². The zero-order valence-corrected chi connectivity index (χ0v) is 10.0. The van der Waals surface area contributed by atoms with Crippen molar-refractivity contribution in [2.24, 2.45) is 5.10 Å². The second-order valence-corrected chi connectivity index (χ2v) is 3.40. The molecule has 0 aliphatic heterocycles. The van der Waals surface area contributed by atoms with Gasteiger partial charge < -0.3 is 9.84 Å². The fraction of sp³-hybridized carbons (Fsp3) is 0.167. The van der Waals surface area contributed by atoms with Crippen molar-refractivity contribution in [2.75, 3.05) is 12.5 Å². The Balaban J connectivity index is 3.04. The smallest absolute Gasteiger partial charge is 0.307 e. The molecule has 0 unspecified atom stereocenters. The normalized spacial score (nSPS) is 8.79. The molecule has 0 saturated carbocycles. The maximum atomic E-state index is 10.6. The number of hydrazone groups is 1. The van der Waals surface area contributed by atoms with E-state index in [-0.39, 0.29) is 12.1 Å². The number of nitrogens with zero attached hydrogens (tertiary/aromatic N) is 3. The van der Waals surface area contributed by atoms with Gasteiger partial charge in [0, 0.05) is 0 Å². The van der Waals surface area contributed by atoms with Crippen LogP contribution in [0.4, 0.5) is 5.69 Å². The first-order valence-electron chi connectivity index (χ1n) is 5.13. The average Bonchev–Trinajstić information content (AvgIpc) is 2.39. The van der Waals surface area contributed by atoms with Gasteiger partial charge in [0.05, 0.1) is 19.2 Å². The summed E-state index contributed by atoms with van der Waals surface area (Å²) in [6.07, 6.45) is -0.147. The van der Waals surface area contributed by atoms with Crippen LogP contribution in [0, 0.1) is 22.7 Å². The molecule has 0 radical (unpaired) electrons. The molecule has 0 aliphatic rings. The minimum atomic E-state index is -0.964. The topological polar surface area (TPSA) is 118 Å². The number of carboxylic acids is 1. The molecular weight excluding hydrogens is 248 g/mol. The number of hydrogen-bond acceptors (Lipinski definition) is 6. The fourth-order valence-corrected chi connectivity index (χ4v) is 1.32. The van der Waals surface area contributed by atoms with Crippen LogP contribution in [0.2, 0.25) is 0 Å². The van der Waals surface area contributed by atoms with E-state index in [0.717, 1.165) is 0 Å². The van der Waals surface area contributed by atoms with Crippen LogP contribution in [0.1, 0.15) is 5.56 Å². The number of nitriles is 2. The summed E-state index contributed by atoms with van der Waals surface area (Å²) in [6.45, 7) is 0. The number of methoxy groups -OCH3 is 1. The maximum Gasteiger partial charge on any atom is 0.307 e. The third-order valence-electron chi connectivity index (χ3n) is 2.12. The molecule has 0 aromatic heterocycles. The lowest BCUT2D eigenvalue weighted by Gasteiger charge is -2.09. The van der Waals surface area contributed by atoms with E-state index in [0.29, 0.717) is 17.0 Å². The third-order valence-corrected chi connectivity index (χ3v) is 2.12. The molecule has 2 N–H and O–H groups in total. The second kappa shape index (κ2) is 6.62. The summed E-state index contributed by atoms with van der Waals surface area (Å²) >= 11 is 0. The minimum absolute atomic E-state index is 0.147. The average molecular weight is 258 g/mol. The molecule has 0 heterocycles. The zero-order valence-electron chi connectivity index (χ0n) is 10.0. The van der Waals surface area contributed by atoms with E-state index >= 15 is 0 Å². The van der Waals surface area contributed by atoms with E-state index in [9.17, 15) is 4.79 Å². The summed E-state index contributed by atoms with van der Waals surface area (Å²) in [5.74, 6) is -0.539. The second-order valence-electron chi connectivity index (χ2n) is 3.40. The largest absolute Gasteiger partial charge is 0.495 e. The number of hydrogen-bond donors (Lipinski definition) is 2. The van der Waals surface area contributed by atoms with Crippen LogP contribution in [0.5, 0.6) is 5.75 Å². The Morgan fingerprint density at radius 3 is 2.68 bits per heavy atom. The summed E-state index contributed by atoms with van der Waals surface area (Å²) in [5.41, 5.74) is 3.08. The molecule has 1 rings (SSSR count). The van der Waals surface area contributed by atoms with Crippen LogP contribution in [-0.2, 0) is 11.2 Å². The van der Waals surface area contributed by atoms with Gasteiger partial charge in [-0.15, -0.1) is 0 Å². The summed E-state index contributed by atoms with van der Waals surface area (Å²) < 4.78 is 5.06. The summed E-state index contributed by atoms with van der Waals surface area (Å²) in [5, 5.41) is 29.4. The summed E-state index contributed by atoms with van der Waals surface area (Å²) in [7, 11) is 1.44. The first-order chi connectivity index (χ1) is 9.10. The van der Waals surface area contributed by atoms with Gasteiger partial charge in [-0.2, -0.15) is 15.6 Å². The molecule has 0 atom stereocenters. The van der Waals surface area contributed by atoms with Crippen molar-refractivity contribution in [3.63, 3.8) is 0 Å². The van der Waals surface area contributed by atoms with Crippen LogP contribution >= 0.6 is 0 Å². The van der Waals surface area contributed by atoms with Gasteiger partial charge in [0.25, 0.3) is 0 Å². The van der Waals surface area contributed by atoms with Gasteiger partial charge in [-0.25, -0.2) is 0 Å². The van der Waals surface area contributed by atoms with Gasteiger partial charge in [0.1, 0.15) is 17.9 Å². The number of carboxylic acid groups (broad SMARTS) is 1. The minimum Gasteiger partial charge on any atom is -0.495 e. The Morgan fingerprint density at radius 1 is 1.47 bits per heavy atom. The molecule has 96 valence electrons. The lowest BCUT2D eigenvalue weighted by atomic mass is 10.1. The molecule has 0 fully saturated rings. The monoisotopic (exact) mass is 258 g/mol. The molecule has 0 spiro atoms. The number of nitrogens with one attached hydrogen (secondary N) is 1. The molecule has 19 heavy (non-hydrogen) atoms. The predicted octanol–water partition coefficient (Wildman–Crippen LogP) is 1.14. The highest BCUT2D eigenvalue weighted by molar-refractivity contribution is 6.10. The SMILES string of the molecule is COc1ccc(CC(=O)O)cc1NN=C(C#N)C#N. The van der Waals surface area contributed by atoms with Crippen LogP contribution in [0.25, 0.3) is 0 Å². The van der Waals surface area contributed by atoms with Gasteiger partial charge in [0.2, 0.25) is 5.71 Å². The fourth-order valence-electron chi connectivity index (χ4n) is 1.32. The number of rotatable bonds is 5. The lowest BCUT2D eigenvalue weighted by Crippen LogP contribution is -2.03. The van der Waals surface area contributed by atoms with E-state index in [1.54, 1.807) is 24.3 Å². The van der Waals surface area contributed by atoms with Crippen LogP contribution < -0.4 is 10.2 Å². The molecule has 1 aromatic carbocycles. The Bertz CT molecular complexity index is 580. The van der Waals surface area contributed by atoms with Gasteiger partial charge in [0.15, 0.2) is 0 Å². The van der Waals surface area contributed by atoms with E-state index in [1.807, 2.05) is 0 Å². The first-order valence-corrected chi connectivity index (χ1v) is 5.13. The highest BCUT2D eigenvalue weighted by Crippen LogP contribution is 2.25. The number of anilines is 1. The number of carbonyl (C=O) groups is 1. The first kappa shape index (κ1) is 14.0. The third kappa shape index (κ3) is 4.02. The Labute approximate surface area is 109 Å². The van der Waals surface area contributed by atoms with Crippen LogP contribution in [-0.4, -0.2) is 23.9 Å². The summed E-state index contributed by atoms with van der Waals surface area (Å²) in [6, 6.07) is 7.91. The quantitative estimate of drug-likeness (QED) is 0.603. The molecular formula is C12H10N4O3. The Hall–Kier alpha value is -3.06. The molecule has 1 aromatic rings. The van der Waals surface area contributed by atoms with E-state index in [4.69, 9.17) is 20.4 Å². The van der Waals surface area contributed by atoms with Gasteiger partial charge in [-0.05, 0) is 17.7 Å². The van der Waals surface area contributed by atoms with Crippen molar-refractivity contribution in [3.8, 4) is 17.9 Å². The molecule has 0 aliphatic carbocycles. The standard InChI is InChI=1S/C12H10N4O3/c1-19-11-3-2-8(5-12(17)18)4-10(11)16-15-9(6-13)7-14/h2-4,16H,5H2,1H3,(H,17,18). The summed E-state index contributed by atoms with van der Waals surface area (Å²) in [4.78, 5) is 10.6. The van der Waals surface area contributed by atoms with Crippen molar-refractivity contribution in [3.05, 3.63) is 23.8 Å². The van der Waals surface area contributed by atoms with Gasteiger partial charge in [-0.1, -0.05) is 6.07 Å². The molecule has 0 bridgehead atoms. The van der Waals surface area contributed by atoms with Crippen molar-refractivity contribution < 1.29 is 14.6 Å². The van der Waals surface area contributed by atoms with Crippen molar-refractivity contribution in [1.29, 1.82) is 10.5 Å². The predicted molar refractivity (Wildman–Crippen MR) is 66.6 cm³/mol. The highest BCUT2D eigenvalue weighted by atomic mass is 16.5. The Morgan fingerprint density at radius 2 is 2.16 bits per heavy atom. The van der Waals surface area contributed by atoms with E-state index in [2.05, 4.69) is 10.5 Å². The van der Waals surface area contributed by atoms with Crippen LogP contribution in [0.3, 0.4) is 0 Å². The highest BCUT2D eigenvalue weighted by Gasteiger charge is 2.07. The van der Waals surface area contributed by atoms with Crippen molar-refractivity contribution in [2.45, 2.75) is 6.42 Å². The Kier molecular flexibility index (Phi) is 4.88. The number of aliphatic carboxylic acids is 1. The molecule has 0 saturated heterocycles. The van der Waals surface area contributed by atoms with Crippen molar-refractivity contribution in [1.82, 2.24) is 0 Å². The lowest BCUT2D eigenvalue weighted by molar-refractivity contribution is -0.136. The van der Waals surface area contributed by atoms with E-state index in [1.165, 1.54) is 13.2 Å². The number of benzene rings is 1. The van der Waals surface area contributed by atoms with E-state index < -0.39 is 5.97 Å². The molecule has 7 heteroatoms. The zero-order chi connectivity index (χ0) is 14.3. The molecule has 7 nitrogen and oxygen atoms in total. The van der Waals surface area contributed by atoms with Gasteiger partial charge in [-0.3, -0.25) is 10.2 Å². The maximum absolute atomic E-state index is 10.6. The van der Waals surface area contributed by atoms with Gasteiger partial charge >= 0.3 is 5.97 Å². The number of ether oxygens (including phenoxy) is 1.